The van der Waals surface area contributed by atoms with Gasteiger partial charge in [-0.3, -0.25) is 4.79 Å². The van der Waals surface area contributed by atoms with E-state index in [-0.39, 0.29) is 16.7 Å². The highest BCUT2D eigenvalue weighted by Crippen LogP contribution is 2.32. The molecule has 0 aliphatic carbocycles. The summed E-state index contributed by atoms with van der Waals surface area (Å²) in [6.45, 7) is 7.81. The van der Waals surface area contributed by atoms with Crippen molar-refractivity contribution in [3.63, 3.8) is 0 Å². The van der Waals surface area contributed by atoms with Crippen LogP contribution in [-0.4, -0.2) is 64.6 Å². The van der Waals surface area contributed by atoms with Crippen molar-refractivity contribution in [1.82, 2.24) is 9.62 Å². The van der Waals surface area contributed by atoms with Crippen molar-refractivity contribution in [2.75, 3.05) is 50.8 Å². The number of sulfonamides is 1. The van der Waals surface area contributed by atoms with Crippen molar-refractivity contribution in [1.29, 1.82) is 0 Å². The number of hydrogen-bond donors (Lipinski definition) is 1. The fourth-order valence-electron chi connectivity index (χ4n) is 3.67. The predicted molar refractivity (Wildman–Crippen MR) is 114 cm³/mol. The number of halogens is 1. The number of carbonyl (C=O) groups is 1. The summed E-state index contributed by atoms with van der Waals surface area (Å²) in [6.07, 6.45) is 1.52. The van der Waals surface area contributed by atoms with E-state index in [1.807, 2.05) is 0 Å². The number of amides is 1. The van der Waals surface area contributed by atoms with Crippen LogP contribution in [0.3, 0.4) is 0 Å². The highest BCUT2D eigenvalue weighted by molar-refractivity contribution is 7.89. The second kappa shape index (κ2) is 9.64. The largest absolute Gasteiger partial charge is 0.379 e. The Kier molecular flexibility index (Phi) is 7.42. The van der Waals surface area contributed by atoms with Crippen LogP contribution in [0.2, 0.25) is 5.02 Å². The Bertz CT molecular complexity index is 817. The van der Waals surface area contributed by atoms with Crippen molar-refractivity contribution in [2.45, 2.75) is 31.6 Å². The zero-order chi connectivity index (χ0) is 21.0. The number of carbonyl (C=O) groups excluding carboxylic acids is 1. The standard InChI is InChI=1S/C20H30ClN3O4S/c1-15(2)14-22-20(25)16-5-7-23(8-6-16)19-4-3-17(13-18(19)21)29(26,27)24-9-11-28-12-10-24/h3-4,13,15-16H,5-12,14H2,1-2H3,(H,22,25). The molecule has 1 amide bonds. The molecule has 2 aliphatic heterocycles. The van der Waals surface area contributed by atoms with E-state index in [2.05, 4.69) is 24.1 Å². The van der Waals surface area contributed by atoms with Gasteiger partial charge in [0.1, 0.15) is 0 Å². The van der Waals surface area contributed by atoms with Gasteiger partial charge in [0.2, 0.25) is 15.9 Å². The van der Waals surface area contributed by atoms with Crippen LogP contribution in [0.1, 0.15) is 26.7 Å². The van der Waals surface area contributed by atoms with Gasteiger partial charge in [0, 0.05) is 38.6 Å². The first-order valence-corrected chi connectivity index (χ1v) is 12.0. The van der Waals surface area contributed by atoms with E-state index in [1.165, 1.54) is 10.4 Å². The van der Waals surface area contributed by atoms with Crippen LogP contribution < -0.4 is 10.2 Å². The molecule has 1 N–H and O–H groups in total. The van der Waals surface area contributed by atoms with Crippen molar-refractivity contribution in [3.8, 4) is 0 Å². The maximum absolute atomic E-state index is 12.8. The minimum Gasteiger partial charge on any atom is -0.379 e. The van der Waals surface area contributed by atoms with Crippen LogP contribution >= 0.6 is 11.6 Å². The molecule has 0 atom stereocenters. The first kappa shape index (κ1) is 22.3. The molecule has 0 radical (unpaired) electrons. The lowest BCUT2D eigenvalue weighted by Crippen LogP contribution is -2.41. The third kappa shape index (κ3) is 5.42. The Labute approximate surface area is 178 Å². The van der Waals surface area contributed by atoms with Gasteiger partial charge in [0.25, 0.3) is 0 Å². The van der Waals surface area contributed by atoms with Crippen LogP contribution in [0.5, 0.6) is 0 Å². The summed E-state index contributed by atoms with van der Waals surface area (Å²) in [5.74, 6) is 0.575. The Morgan fingerprint density at radius 2 is 1.86 bits per heavy atom. The summed E-state index contributed by atoms with van der Waals surface area (Å²) in [5.41, 5.74) is 0.814. The van der Waals surface area contributed by atoms with Gasteiger partial charge in [-0.05, 0) is 37.0 Å². The highest BCUT2D eigenvalue weighted by Gasteiger charge is 2.29. The molecule has 2 aliphatic rings. The molecule has 29 heavy (non-hydrogen) atoms. The first-order chi connectivity index (χ1) is 13.8. The summed E-state index contributed by atoms with van der Waals surface area (Å²) in [5, 5.41) is 3.43. The molecule has 0 spiro atoms. The van der Waals surface area contributed by atoms with Gasteiger partial charge in [-0.2, -0.15) is 4.31 Å². The number of hydrogen-bond acceptors (Lipinski definition) is 5. The number of benzene rings is 1. The van der Waals surface area contributed by atoms with Crippen molar-refractivity contribution < 1.29 is 17.9 Å². The SMILES string of the molecule is CC(C)CNC(=O)C1CCN(c2ccc(S(=O)(=O)N3CCOCC3)cc2Cl)CC1. The van der Waals surface area contributed by atoms with Crippen molar-refractivity contribution in [3.05, 3.63) is 23.2 Å². The minimum absolute atomic E-state index is 0.0183. The van der Waals surface area contributed by atoms with Gasteiger partial charge in [-0.1, -0.05) is 25.4 Å². The normalized spacial score (nSPS) is 19.5. The Balaban J connectivity index is 1.63. The number of anilines is 1. The number of morpholine rings is 1. The molecule has 2 fully saturated rings. The van der Waals surface area contributed by atoms with Gasteiger partial charge < -0.3 is 15.0 Å². The molecule has 7 nitrogen and oxygen atoms in total. The maximum Gasteiger partial charge on any atom is 0.243 e. The first-order valence-electron chi connectivity index (χ1n) is 10.2. The summed E-state index contributed by atoms with van der Waals surface area (Å²) in [7, 11) is -3.57. The average Bonchev–Trinajstić information content (AvgIpc) is 2.72. The molecule has 162 valence electrons. The quantitative estimate of drug-likeness (QED) is 0.730. The molecule has 2 heterocycles. The summed E-state index contributed by atoms with van der Waals surface area (Å²) >= 11 is 6.46. The molecule has 1 aromatic rings. The zero-order valence-electron chi connectivity index (χ0n) is 17.1. The van der Waals surface area contributed by atoms with E-state index in [0.29, 0.717) is 43.8 Å². The third-order valence-electron chi connectivity index (χ3n) is 5.42. The Hall–Kier alpha value is -1.35. The number of rotatable bonds is 6. The van der Waals surface area contributed by atoms with Gasteiger partial charge in [-0.25, -0.2) is 8.42 Å². The highest BCUT2D eigenvalue weighted by atomic mass is 35.5. The van der Waals surface area contributed by atoms with Crippen LogP contribution in [-0.2, 0) is 19.6 Å². The van der Waals surface area contributed by atoms with E-state index >= 15 is 0 Å². The fraction of sp³-hybridized carbons (Fsp3) is 0.650. The van der Waals surface area contributed by atoms with Crippen molar-refractivity contribution >= 4 is 33.2 Å². The molecular formula is C20H30ClN3O4S. The van der Waals surface area contributed by atoms with E-state index in [1.54, 1.807) is 12.1 Å². The summed E-state index contributed by atoms with van der Waals surface area (Å²) < 4.78 is 32.3. The number of piperidine rings is 1. The number of ether oxygens (including phenoxy) is 1. The lowest BCUT2D eigenvalue weighted by Gasteiger charge is -2.34. The molecule has 1 aromatic carbocycles. The average molecular weight is 444 g/mol. The van der Waals surface area contributed by atoms with E-state index < -0.39 is 10.0 Å². The predicted octanol–water partition coefficient (Wildman–Crippen LogP) is 2.35. The monoisotopic (exact) mass is 443 g/mol. The summed E-state index contributed by atoms with van der Waals surface area (Å²) in [6, 6.07) is 4.92. The second-order valence-corrected chi connectivity index (χ2v) is 10.4. The maximum atomic E-state index is 12.8. The fourth-order valence-corrected chi connectivity index (χ4v) is 5.47. The van der Waals surface area contributed by atoms with Crippen LogP contribution in [0.15, 0.2) is 23.1 Å². The Morgan fingerprint density at radius 1 is 1.21 bits per heavy atom. The van der Waals surface area contributed by atoms with Crippen molar-refractivity contribution in [2.24, 2.45) is 11.8 Å². The molecule has 2 saturated heterocycles. The molecule has 0 unspecified atom stereocenters. The smallest absolute Gasteiger partial charge is 0.243 e. The number of nitrogens with one attached hydrogen (secondary N) is 1. The lowest BCUT2D eigenvalue weighted by molar-refractivity contribution is -0.125. The van der Waals surface area contributed by atoms with Gasteiger partial charge in [0.15, 0.2) is 0 Å². The molecule has 3 rings (SSSR count). The topological polar surface area (TPSA) is 79.0 Å². The molecular weight excluding hydrogens is 414 g/mol. The summed E-state index contributed by atoms with van der Waals surface area (Å²) in [4.78, 5) is 14.6. The van der Waals surface area contributed by atoms with E-state index in [4.69, 9.17) is 16.3 Å². The minimum atomic E-state index is -3.57. The van der Waals surface area contributed by atoms with Gasteiger partial charge in [-0.15, -0.1) is 0 Å². The van der Waals surface area contributed by atoms with E-state index in [0.717, 1.165) is 31.6 Å². The molecule has 0 bridgehead atoms. The van der Waals surface area contributed by atoms with Gasteiger partial charge in [0.05, 0.1) is 28.8 Å². The van der Waals surface area contributed by atoms with Crippen LogP contribution in [0.25, 0.3) is 0 Å². The molecule has 9 heteroatoms. The Morgan fingerprint density at radius 3 is 2.45 bits per heavy atom. The lowest BCUT2D eigenvalue weighted by atomic mass is 9.95. The van der Waals surface area contributed by atoms with Gasteiger partial charge >= 0.3 is 0 Å². The van der Waals surface area contributed by atoms with Crippen LogP contribution in [0.4, 0.5) is 5.69 Å². The molecule has 0 aromatic heterocycles. The van der Waals surface area contributed by atoms with E-state index in [9.17, 15) is 13.2 Å². The second-order valence-electron chi connectivity index (χ2n) is 8.03. The molecule has 0 saturated carbocycles. The van der Waals surface area contributed by atoms with Crippen LogP contribution in [0, 0.1) is 11.8 Å². The third-order valence-corrected chi connectivity index (χ3v) is 7.62. The zero-order valence-corrected chi connectivity index (χ0v) is 18.6. The number of nitrogens with zero attached hydrogens (tertiary/aromatic N) is 2.